The molecule has 5 nitrogen and oxygen atoms in total. The molecular formula is C16H28ClF3N4O. The number of azo groups is 1. The zero-order valence-corrected chi connectivity index (χ0v) is 15.5. The van der Waals surface area contributed by atoms with Gasteiger partial charge in [-0.3, -0.25) is 5.32 Å². The van der Waals surface area contributed by atoms with Gasteiger partial charge < -0.3 is 10.0 Å². The van der Waals surface area contributed by atoms with Gasteiger partial charge in [0.25, 0.3) is 0 Å². The molecule has 2 N–H and O–H groups in total. The highest BCUT2D eigenvalue weighted by atomic mass is 35.5. The summed E-state index contributed by atoms with van der Waals surface area (Å²) >= 11 is 6.05. The molecule has 6 atom stereocenters. The van der Waals surface area contributed by atoms with E-state index in [9.17, 15) is 18.3 Å². The van der Waals surface area contributed by atoms with Gasteiger partial charge in [-0.15, -0.1) is 11.6 Å². The Morgan fingerprint density at radius 2 is 1.84 bits per heavy atom. The second-order valence-electron chi connectivity index (χ2n) is 6.90. The maximum Gasteiger partial charge on any atom is 0.393 e. The molecule has 25 heavy (non-hydrogen) atoms. The molecule has 146 valence electrons. The lowest BCUT2D eigenvalue weighted by Gasteiger charge is -2.37. The summed E-state index contributed by atoms with van der Waals surface area (Å²) in [5.74, 6) is -1.45. The molecule has 0 aromatic carbocycles. The fraction of sp³-hybridized carbons (Fsp3) is 1.00. The van der Waals surface area contributed by atoms with E-state index in [4.69, 9.17) is 11.6 Å². The number of rotatable bonds is 5. The molecular weight excluding hydrogens is 357 g/mol. The molecule has 0 aromatic rings. The first-order chi connectivity index (χ1) is 11.8. The molecule has 0 spiro atoms. The van der Waals surface area contributed by atoms with E-state index in [1.54, 1.807) is 0 Å². The average Bonchev–Trinajstić information content (AvgIpc) is 2.55. The maximum absolute atomic E-state index is 12.7. The van der Waals surface area contributed by atoms with Gasteiger partial charge in [-0.1, -0.05) is 13.8 Å². The van der Waals surface area contributed by atoms with Crippen molar-refractivity contribution in [1.82, 2.24) is 10.2 Å². The fourth-order valence-electron chi connectivity index (χ4n) is 3.71. The minimum atomic E-state index is -4.25. The molecule has 1 saturated carbocycles. The third kappa shape index (κ3) is 5.52. The molecule has 1 aliphatic carbocycles. The van der Waals surface area contributed by atoms with Crippen molar-refractivity contribution < 1.29 is 18.3 Å². The highest BCUT2D eigenvalue weighted by Crippen LogP contribution is 2.34. The predicted octanol–water partition coefficient (Wildman–Crippen LogP) is 3.17. The maximum atomic E-state index is 12.7. The predicted molar refractivity (Wildman–Crippen MR) is 90.8 cm³/mol. The zero-order chi connectivity index (χ0) is 18.6. The van der Waals surface area contributed by atoms with Gasteiger partial charge in [-0.2, -0.15) is 23.4 Å². The molecule has 1 saturated heterocycles. The summed E-state index contributed by atoms with van der Waals surface area (Å²) in [5.41, 5.74) is 0. The second-order valence-corrected chi connectivity index (χ2v) is 7.46. The Hall–Kier alpha value is -0.440. The quantitative estimate of drug-likeness (QED) is 0.565. The summed E-state index contributed by atoms with van der Waals surface area (Å²) in [4.78, 5) is 2.32. The number of hydrogen-bond acceptors (Lipinski definition) is 5. The van der Waals surface area contributed by atoms with Gasteiger partial charge in [-0.05, 0) is 38.8 Å². The molecule has 2 fully saturated rings. The molecule has 0 amide bonds. The van der Waals surface area contributed by atoms with Gasteiger partial charge in [0.2, 0.25) is 0 Å². The second kappa shape index (κ2) is 8.97. The van der Waals surface area contributed by atoms with Gasteiger partial charge in [0, 0.05) is 12.6 Å². The first kappa shape index (κ1) is 20.9. The Kier molecular flexibility index (Phi) is 7.49. The first-order valence-electron chi connectivity index (χ1n) is 9.02. The third-order valence-electron chi connectivity index (χ3n) is 5.31. The van der Waals surface area contributed by atoms with E-state index >= 15 is 0 Å². The Morgan fingerprint density at radius 3 is 2.36 bits per heavy atom. The average molecular weight is 385 g/mol. The fourth-order valence-corrected chi connectivity index (χ4v) is 4.07. The topological polar surface area (TPSA) is 60.2 Å². The lowest BCUT2D eigenvalue weighted by atomic mass is 9.88. The van der Waals surface area contributed by atoms with Crippen LogP contribution >= 0.6 is 11.6 Å². The van der Waals surface area contributed by atoms with Gasteiger partial charge in [0.1, 0.15) is 6.17 Å². The minimum absolute atomic E-state index is 0.168. The van der Waals surface area contributed by atoms with Crippen molar-refractivity contribution >= 4 is 11.6 Å². The first-order valence-corrected chi connectivity index (χ1v) is 9.46. The van der Waals surface area contributed by atoms with Crippen LogP contribution in [0.15, 0.2) is 10.2 Å². The molecule has 1 aliphatic heterocycles. The van der Waals surface area contributed by atoms with Crippen LogP contribution in [0.25, 0.3) is 0 Å². The zero-order valence-electron chi connectivity index (χ0n) is 14.7. The van der Waals surface area contributed by atoms with Crippen LogP contribution in [-0.4, -0.2) is 65.5 Å². The van der Waals surface area contributed by atoms with Crippen LogP contribution < -0.4 is 5.32 Å². The number of alkyl halides is 4. The van der Waals surface area contributed by atoms with Crippen LogP contribution in [-0.2, 0) is 0 Å². The number of aliphatic hydroxyl groups excluding tert-OH is 1. The summed E-state index contributed by atoms with van der Waals surface area (Å²) in [5, 5.41) is 20.6. The summed E-state index contributed by atoms with van der Waals surface area (Å²) in [7, 11) is 0. The van der Waals surface area contributed by atoms with Crippen LogP contribution in [0.2, 0.25) is 0 Å². The SMILES string of the molecule is CCN(CC)C1CCC(N=NC2NCC(C(F)(F)F)CC2Cl)C(O)C1. The van der Waals surface area contributed by atoms with E-state index in [2.05, 4.69) is 34.3 Å². The van der Waals surface area contributed by atoms with Gasteiger partial charge in [0.05, 0.1) is 23.4 Å². The molecule has 1 heterocycles. The van der Waals surface area contributed by atoms with Crippen molar-refractivity contribution in [2.75, 3.05) is 19.6 Å². The van der Waals surface area contributed by atoms with E-state index in [0.29, 0.717) is 12.5 Å². The van der Waals surface area contributed by atoms with Crippen molar-refractivity contribution in [1.29, 1.82) is 0 Å². The van der Waals surface area contributed by atoms with Crippen LogP contribution in [0.3, 0.4) is 0 Å². The minimum Gasteiger partial charge on any atom is -0.391 e. The van der Waals surface area contributed by atoms with Crippen LogP contribution in [0.5, 0.6) is 0 Å². The summed E-state index contributed by atoms with van der Waals surface area (Å²) in [6.07, 6.45) is -3.33. The number of hydrogen-bond donors (Lipinski definition) is 2. The molecule has 6 unspecified atom stereocenters. The number of nitrogens with one attached hydrogen (secondary N) is 1. The molecule has 0 radical (unpaired) electrons. The number of halogens is 4. The number of nitrogens with zero attached hydrogens (tertiary/aromatic N) is 3. The van der Waals surface area contributed by atoms with E-state index in [0.717, 1.165) is 25.9 Å². The highest BCUT2D eigenvalue weighted by molar-refractivity contribution is 6.21. The molecule has 2 rings (SSSR count). The summed E-state index contributed by atoms with van der Waals surface area (Å²) in [6, 6.07) is 0.0374. The lowest BCUT2D eigenvalue weighted by Crippen LogP contribution is -2.49. The summed E-state index contributed by atoms with van der Waals surface area (Å²) in [6.45, 7) is 5.89. The third-order valence-corrected chi connectivity index (χ3v) is 5.73. The number of aliphatic hydroxyl groups is 1. The largest absolute Gasteiger partial charge is 0.393 e. The van der Waals surface area contributed by atoms with E-state index in [1.807, 2.05) is 0 Å². The molecule has 0 bridgehead atoms. The monoisotopic (exact) mass is 384 g/mol. The smallest absolute Gasteiger partial charge is 0.391 e. The Balaban J connectivity index is 1.86. The van der Waals surface area contributed by atoms with Gasteiger partial charge in [0.15, 0.2) is 0 Å². The van der Waals surface area contributed by atoms with Gasteiger partial charge in [-0.25, -0.2) is 0 Å². The van der Waals surface area contributed by atoms with Crippen molar-refractivity contribution in [2.45, 2.75) is 75.4 Å². The van der Waals surface area contributed by atoms with Crippen LogP contribution in [0.4, 0.5) is 13.2 Å². The van der Waals surface area contributed by atoms with E-state index in [1.165, 1.54) is 0 Å². The lowest BCUT2D eigenvalue weighted by molar-refractivity contribution is -0.179. The van der Waals surface area contributed by atoms with E-state index in [-0.39, 0.29) is 19.0 Å². The van der Waals surface area contributed by atoms with E-state index < -0.39 is 29.7 Å². The Bertz CT molecular complexity index is 448. The normalized spacial score (nSPS) is 37.8. The van der Waals surface area contributed by atoms with Crippen molar-refractivity contribution in [3.63, 3.8) is 0 Å². The molecule has 2 aliphatic rings. The highest BCUT2D eigenvalue weighted by Gasteiger charge is 2.44. The molecule has 0 aromatic heterocycles. The Morgan fingerprint density at radius 1 is 1.16 bits per heavy atom. The van der Waals surface area contributed by atoms with Crippen LogP contribution in [0.1, 0.15) is 39.5 Å². The van der Waals surface area contributed by atoms with Gasteiger partial charge >= 0.3 is 6.18 Å². The standard InChI is InChI=1S/C16H28ClF3N4O/c1-3-24(4-2)11-5-6-13(14(25)8-11)22-23-15-12(17)7-10(9-21-15)16(18,19)20/h10-15,21,25H,3-9H2,1-2H3. The summed E-state index contributed by atoms with van der Waals surface area (Å²) < 4.78 is 38.2. The van der Waals surface area contributed by atoms with Crippen molar-refractivity contribution in [3.8, 4) is 0 Å². The van der Waals surface area contributed by atoms with Crippen LogP contribution in [0, 0.1) is 5.92 Å². The Labute approximate surface area is 152 Å². The number of piperidine rings is 1. The van der Waals surface area contributed by atoms with Crippen molar-refractivity contribution in [2.24, 2.45) is 16.1 Å². The van der Waals surface area contributed by atoms with Crippen molar-refractivity contribution in [3.05, 3.63) is 0 Å². The molecule has 9 heteroatoms.